The largest absolute Gasteiger partial charge is 0.321 e. The average Bonchev–Trinajstić information content (AvgIpc) is 2.40. The van der Waals surface area contributed by atoms with Crippen LogP contribution < -0.4 is 0 Å². The van der Waals surface area contributed by atoms with Crippen LogP contribution in [0.5, 0.6) is 0 Å². The van der Waals surface area contributed by atoms with Gasteiger partial charge in [-0.3, -0.25) is 0 Å². The summed E-state index contributed by atoms with van der Waals surface area (Å²) in [6.07, 6.45) is 4.29. The zero-order valence-electron chi connectivity index (χ0n) is 11.7. The van der Waals surface area contributed by atoms with Crippen LogP contribution in [0.3, 0.4) is 0 Å². The molecule has 5 heteroatoms. The number of hydrogen-bond acceptors (Lipinski definition) is 4. The number of benzene rings is 1. The van der Waals surface area contributed by atoms with Gasteiger partial charge in [0.2, 0.25) is 0 Å². The molecule has 1 aromatic carbocycles. The van der Waals surface area contributed by atoms with Crippen molar-refractivity contribution in [2.45, 2.75) is 44.4 Å². The van der Waals surface area contributed by atoms with Gasteiger partial charge in [0.15, 0.2) is 0 Å². The molecule has 0 radical (unpaired) electrons. The van der Waals surface area contributed by atoms with Crippen molar-refractivity contribution >= 4 is 28.9 Å². The first-order valence-corrected chi connectivity index (χ1v) is 10.9. The SMILES string of the molecule is CCCCOP(=S)(OCCCC)Sc1ccccc1. The molecular weight excluding hydrogens is 295 g/mol. The lowest BCUT2D eigenvalue weighted by molar-refractivity contribution is 0.253. The summed E-state index contributed by atoms with van der Waals surface area (Å²) in [5, 5.41) is 0. The maximum Gasteiger partial charge on any atom is 0.252 e. The lowest BCUT2D eigenvalue weighted by atomic mass is 10.4. The fraction of sp³-hybridized carbons (Fsp3) is 0.571. The van der Waals surface area contributed by atoms with Crippen molar-refractivity contribution in [2.24, 2.45) is 0 Å². The first kappa shape index (κ1) is 17.2. The van der Waals surface area contributed by atoms with Gasteiger partial charge in [0, 0.05) is 4.90 Å². The van der Waals surface area contributed by atoms with Gasteiger partial charge in [0.1, 0.15) is 0 Å². The summed E-state index contributed by atoms with van der Waals surface area (Å²) in [6.45, 7) is 5.68. The molecule has 0 fully saturated rings. The van der Waals surface area contributed by atoms with Gasteiger partial charge in [-0.25, -0.2) is 0 Å². The second-order valence-electron chi connectivity index (χ2n) is 4.23. The molecule has 0 aliphatic heterocycles. The molecule has 0 heterocycles. The van der Waals surface area contributed by atoms with E-state index in [1.165, 1.54) is 0 Å². The minimum Gasteiger partial charge on any atom is -0.321 e. The van der Waals surface area contributed by atoms with E-state index >= 15 is 0 Å². The van der Waals surface area contributed by atoms with Gasteiger partial charge in [0.05, 0.1) is 13.2 Å². The van der Waals surface area contributed by atoms with Crippen molar-refractivity contribution in [3.05, 3.63) is 30.3 Å². The predicted molar refractivity (Wildman–Crippen MR) is 88.3 cm³/mol. The van der Waals surface area contributed by atoms with Crippen LogP contribution in [0.1, 0.15) is 39.5 Å². The van der Waals surface area contributed by atoms with Crippen LogP contribution in [-0.4, -0.2) is 13.2 Å². The van der Waals surface area contributed by atoms with Gasteiger partial charge in [-0.1, -0.05) is 44.9 Å². The second-order valence-corrected chi connectivity index (χ2v) is 10.4. The molecule has 0 unspecified atom stereocenters. The third kappa shape index (κ3) is 7.48. The lowest BCUT2D eigenvalue weighted by Crippen LogP contribution is -1.96. The maximum atomic E-state index is 5.89. The highest BCUT2D eigenvalue weighted by molar-refractivity contribution is 8.67. The topological polar surface area (TPSA) is 18.5 Å². The molecule has 108 valence electrons. The number of unbranched alkanes of at least 4 members (excludes halogenated alkanes) is 2. The smallest absolute Gasteiger partial charge is 0.252 e. The fourth-order valence-corrected chi connectivity index (χ4v) is 5.89. The maximum absolute atomic E-state index is 5.89. The molecular formula is C14H23O2PS2. The van der Waals surface area contributed by atoms with E-state index in [0.717, 1.165) is 30.6 Å². The molecule has 19 heavy (non-hydrogen) atoms. The molecule has 1 rings (SSSR count). The Morgan fingerprint density at radius 2 is 1.53 bits per heavy atom. The van der Waals surface area contributed by atoms with Crippen LogP contribution in [0.25, 0.3) is 0 Å². The van der Waals surface area contributed by atoms with Crippen LogP contribution >= 0.6 is 17.1 Å². The minimum atomic E-state index is -2.25. The minimum absolute atomic E-state index is 0.694. The van der Waals surface area contributed by atoms with E-state index in [1.54, 1.807) is 11.4 Å². The van der Waals surface area contributed by atoms with Crippen molar-refractivity contribution in [1.82, 2.24) is 0 Å². The van der Waals surface area contributed by atoms with E-state index in [-0.39, 0.29) is 0 Å². The number of hydrogen-bond donors (Lipinski definition) is 0. The molecule has 1 aromatic rings. The Bertz CT molecular complexity index is 370. The molecule has 0 aliphatic rings. The summed E-state index contributed by atoms with van der Waals surface area (Å²) in [7, 11) is 0. The van der Waals surface area contributed by atoms with Crippen molar-refractivity contribution in [1.29, 1.82) is 0 Å². The molecule has 0 bridgehead atoms. The van der Waals surface area contributed by atoms with Crippen LogP contribution in [0.4, 0.5) is 0 Å². The highest BCUT2D eigenvalue weighted by atomic mass is 32.9. The summed E-state index contributed by atoms with van der Waals surface area (Å²) in [5.41, 5.74) is -2.25. The normalized spacial score (nSPS) is 11.7. The summed E-state index contributed by atoms with van der Waals surface area (Å²) in [5.74, 6) is 0. The van der Waals surface area contributed by atoms with Gasteiger partial charge in [-0.2, -0.15) is 0 Å². The van der Waals surface area contributed by atoms with Crippen LogP contribution in [0.15, 0.2) is 35.2 Å². The first-order valence-electron chi connectivity index (χ1n) is 6.84. The van der Waals surface area contributed by atoms with Crippen molar-refractivity contribution in [3.8, 4) is 0 Å². The number of rotatable bonds is 10. The highest BCUT2D eigenvalue weighted by Gasteiger charge is 2.20. The van der Waals surface area contributed by atoms with Crippen molar-refractivity contribution < 1.29 is 9.05 Å². The molecule has 0 saturated heterocycles. The van der Waals surface area contributed by atoms with Gasteiger partial charge in [0.25, 0.3) is 5.69 Å². The standard InChI is InChI=1S/C14H23O2PS2/c1-3-5-12-15-17(18,16-13-6-4-2)19-14-10-8-7-9-11-14/h7-11H,3-6,12-13H2,1-2H3. The molecule has 0 aromatic heterocycles. The average molecular weight is 318 g/mol. The molecule has 0 N–H and O–H groups in total. The zero-order chi connectivity index (χ0) is 14.0. The Kier molecular flexibility index (Phi) is 9.01. The monoisotopic (exact) mass is 318 g/mol. The van der Waals surface area contributed by atoms with E-state index in [2.05, 4.69) is 26.0 Å². The highest BCUT2D eigenvalue weighted by Crippen LogP contribution is 2.64. The van der Waals surface area contributed by atoms with Gasteiger partial charge >= 0.3 is 0 Å². The van der Waals surface area contributed by atoms with Crippen molar-refractivity contribution in [3.63, 3.8) is 0 Å². The lowest BCUT2D eigenvalue weighted by Gasteiger charge is -2.21. The Labute approximate surface area is 126 Å². The summed E-state index contributed by atoms with van der Waals surface area (Å²) < 4.78 is 11.8. The van der Waals surface area contributed by atoms with E-state index in [1.807, 2.05) is 18.2 Å². The fourth-order valence-electron chi connectivity index (χ4n) is 1.34. The zero-order valence-corrected chi connectivity index (χ0v) is 14.2. The summed E-state index contributed by atoms with van der Waals surface area (Å²) in [4.78, 5) is 1.12. The third-order valence-electron chi connectivity index (χ3n) is 2.46. The van der Waals surface area contributed by atoms with Crippen LogP contribution in [0.2, 0.25) is 0 Å². The molecule has 0 amide bonds. The Hall–Kier alpha value is 0.140. The molecule has 0 saturated carbocycles. The van der Waals surface area contributed by atoms with E-state index in [4.69, 9.17) is 20.9 Å². The van der Waals surface area contributed by atoms with Gasteiger partial charge in [-0.05, 0) is 48.2 Å². The molecule has 0 spiro atoms. The summed E-state index contributed by atoms with van der Waals surface area (Å²) in [6, 6.07) is 10.1. The predicted octanol–water partition coefficient (Wildman–Crippen LogP) is 5.64. The Balaban J connectivity index is 2.59. The Morgan fingerprint density at radius 1 is 1.00 bits per heavy atom. The third-order valence-corrected chi connectivity index (χ3v) is 7.40. The quantitative estimate of drug-likeness (QED) is 0.410. The molecule has 0 aliphatic carbocycles. The molecule has 0 atom stereocenters. The van der Waals surface area contributed by atoms with E-state index < -0.39 is 5.69 Å². The Morgan fingerprint density at radius 3 is 2.00 bits per heavy atom. The summed E-state index contributed by atoms with van der Waals surface area (Å²) >= 11 is 7.21. The van der Waals surface area contributed by atoms with Gasteiger partial charge < -0.3 is 9.05 Å². The molecule has 2 nitrogen and oxygen atoms in total. The second kappa shape index (κ2) is 9.95. The first-order chi connectivity index (χ1) is 9.20. The van der Waals surface area contributed by atoms with Crippen LogP contribution in [0, 0.1) is 0 Å². The van der Waals surface area contributed by atoms with E-state index in [9.17, 15) is 0 Å². The van der Waals surface area contributed by atoms with Crippen LogP contribution in [-0.2, 0) is 20.9 Å². The van der Waals surface area contributed by atoms with Gasteiger partial charge in [-0.15, -0.1) is 0 Å². The van der Waals surface area contributed by atoms with Crippen molar-refractivity contribution in [2.75, 3.05) is 13.2 Å². The van der Waals surface area contributed by atoms with E-state index in [0.29, 0.717) is 13.2 Å².